The van der Waals surface area contributed by atoms with Crippen molar-refractivity contribution in [2.75, 3.05) is 83.4 Å². The molecular formula is C45H63FN6O5S. The predicted octanol–water partition coefficient (Wildman–Crippen LogP) is 5.61. The van der Waals surface area contributed by atoms with E-state index in [4.69, 9.17) is 0 Å². The number of likely N-dealkylation sites (tertiary alicyclic amines) is 4. The molecule has 0 bridgehead atoms. The fourth-order valence-electron chi connectivity index (χ4n) is 11.4. The van der Waals surface area contributed by atoms with Crippen LogP contribution in [0.1, 0.15) is 76.2 Å². The summed E-state index contributed by atoms with van der Waals surface area (Å²) in [6.07, 6.45) is 14.2. The summed E-state index contributed by atoms with van der Waals surface area (Å²) in [5.74, 6) is 0.0907. The van der Waals surface area contributed by atoms with Gasteiger partial charge in [-0.05, 0) is 151 Å². The molecule has 6 aliphatic rings. The van der Waals surface area contributed by atoms with Crippen LogP contribution in [0.2, 0.25) is 0 Å². The van der Waals surface area contributed by atoms with Gasteiger partial charge in [0.2, 0.25) is 5.91 Å². The van der Waals surface area contributed by atoms with E-state index in [1.165, 1.54) is 31.7 Å². The highest BCUT2D eigenvalue weighted by Crippen LogP contribution is 2.51. The number of piperidine rings is 3. The van der Waals surface area contributed by atoms with Gasteiger partial charge >= 0.3 is 6.09 Å². The maximum Gasteiger partial charge on any atom is 0.404 e. The Bertz CT molecular complexity index is 1870. The molecule has 5 aliphatic heterocycles. The molecule has 2 amide bonds. The Morgan fingerprint density at radius 1 is 0.810 bits per heavy atom. The zero-order valence-electron chi connectivity index (χ0n) is 34.0. The van der Waals surface area contributed by atoms with Crippen LogP contribution in [0.4, 0.5) is 14.9 Å². The van der Waals surface area contributed by atoms with E-state index in [1.807, 2.05) is 24.3 Å². The molecule has 2 N–H and O–H groups in total. The lowest BCUT2D eigenvalue weighted by Crippen LogP contribution is -2.60. The largest absolute Gasteiger partial charge is 0.465 e. The number of carbonyl (C=O) groups excluding carboxylic acids is 1. The molecule has 316 valence electrons. The summed E-state index contributed by atoms with van der Waals surface area (Å²) < 4.78 is 41.9. The fourth-order valence-corrected chi connectivity index (χ4v) is 13.0. The molecule has 58 heavy (non-hydrogen) atoms. The number of rotatable bonds is 13. The summed E-state index contributed by atoms with van der Waals surface area (Å²) in [4.78, 5) is 36.4. The van der Waals surface area contributed by atoms with Gasteiger partial charge in [0.15, 0.2) is 9.84 Å². The van der Waals surface area contributed by atoms with E-state index in [2.05, 4.69) is 31.0 Å². The van der Waals surface area contributed by atoms with Crippen molar-refractivity contribution in [2.45, 2.75) is 98.3 Å². The van der Waals surface area contributed by atoms with Crippen molar-refractivity contribution in [3.63, 3.8) is 0 Å². The molecule has 3 atom stereocenters. The van der Waals surface area contributed by atoms with E-state index in [0.717, 1.165) is 122 Å². The van der Waals surface area contributed by atoms with Crippen molar-refractivity contribution in [3.8, 4) is 0 Å². The highest BCUT2D eigenvalue weighted by molar-refractivity contribution is 7.92. The Morgan fingerprint density at radius 2 is 1.52 bits per heavy atom. The zero-order valence-corrected chi connectivity index (χ0v) is 34.8. The maximum absolute atomic E-state index is 15.0. The Kier molecular flexibility index (Phi) is 12.8. The number of carboxylic acid groups (broad SMARTS) is 1. The van der Waals surface area contributed by atoms with Gasteiger partial charge in [-0.2, -0.15) is 0 Å². The van der Waals surface area contributed by atoms with E-state index in [0.29, 0.717) is 16.9 Å². The third-order valence-electron chi connectivity index (χ3n) is 14.7. The van der Waals surface area contributed by atoms with E-state index in [1.54, 1.807) is 29.2 Å². The number of sulfone groups is 1. The van der Waals surface area contributed by atoms with Gasteiger partial charge in [-0.15, -0.1) is 0 Å². The van der Waals surface area contributed by atoms with Gasteiger partial charge in [-0.1, -0.05) is 31.1 Å². The molecule has 2 aromatic carbocycles. The summed E-state index contributed by atoms with van der Waals surface area (Å²) in [6, 6.07) is 14.9. The summed E-state index contributed by atoms with van der Waals surface area (Å²) in [5, 5.41) is 12.1. The molecule has 1 saturated carbocycles. The summed E-state index contributed by atoms with van der Waals surface area (Å²) in [5.41, 5.74) is 1.73. The van der Waals surface area contributed by atoms with Crippen LogP contribution in [0.25, 0.3) is 0 Å². The van der Waals surface area contributed by atoms with E-state index >= 15 is 4.39 Å². The van der Waals surface area contributed by atoms with Crippen molar-refractivity contribution in [1.29, 1.82) is 0 Å². The maximum atomic E-state index is 15.0. The Balaban J connectivity index is 0.855. The third-order valence-corrected chi connectivity index (χ3v) is 16.8. The molecule has 0 spiro atoms. The summed E-state index contributed by atoms with van der Waals surface area (Å²) in [7, 11) is -3.53. The van der Waals surface area contributed by atoms with Crippen LogP contribution in [0, 0.1) is 17.7 Å². The first-order valence-corrected chi connectivity index (χ1v) is 23.6. The third kappa shape index (κ3) is 8.83. The van der Waals surface area contributed by atoms with Gasteiger partial charge in [-0.3, -0.25) is 9.69 Å². The number of hydrogen-bond acceptors (Lipinski definition) is 8. The average molecular weight is 819 g/mol. The SMILES string of the molecule is O=C(O)N[C@H]1CCC[C@@H]1C(CN1CCC1)(c1cccc(F)c1)C1CCN(C2CCN(c3ccc(S(=O)(=O)C4CN(C(=O)/C=C/CN5CCCCC5)C4)cc3)CC2)CC1. The van der Waals surface area contributed by atoms with E-state index in [-0.39, 0.29) is 42.2 Å². The molecule has 6 fully saturated rings. The minimum atomic E-state index is -3.53. The summed E-state index contributed by atoms with van der Waals surface area (Å²) in [6.45, 7) is 10.0. The van der Waals surface area contributed by atoms with Crippen LogP contribution in [-0.4, -0.2) is 141 Å². The average Bonchev–Trinajstić information content (AvgIpc) is 3.65. The smallest absolute Gasteiger partial charge is 0.404 e. The minimum absolute atomic E-state index is 0.112. The van der Waals surface area contributed by atoms with Gasteiger partial charge in [0.05, 0.1) is 4.90 Å². The Morgan fingerprint density at radius 3 is 2.17 bits per heavy atom. The van der Waals surface area contributed by atoms with Crippen molar-refractivity contribution in [1.82, 2.24) is 24.9 Å². The zero-order chi connectivity index (χ0) is 40.3. The van der Waals surface area contributed by atoms with Crippen LogP contribution in [0.3, 0.4) is 0 Å². The number of benzene rings is 2. The Hall–Kier alpha value is -3.52. The van der Waals surface area contributed by atoms with Gasteiger partial charge in [0.25, 0.3) is 0 Å². The second-order valence-corrected chi connectivity index (χ2v) is 20.2. The number of nitrogens with zero attached hydrogens (tertiary/aromatic N) is 5. The van der Waals surface area contributed by atoms with Crippen LogP contribution in [0.5, 0.6) is 0 Å². The number of amides is 2. The normalized spacial score (nSPS) is 26.0. The molecule has 1 unspecified atom stereocenters. The molecule has 8 rings (SSSR count). The highest BCUT2D eigenvalue weighted by atomic mass is 32.2. The molecule has 13 heteroatoms. The fraction of sp³-hybridized carbons (Fsp3) is 0.644. The van der Waals surface area contributed by atoms with E-state index in [9.17, 15) is 23.1 Å². The van der Waals surface area contributed by atoms with Gasteiger partial charge < -0.3 is 30.0 Å². The number of nitrogens with one attached hydrogen (secondary N) is 1. The molecule has 5 saturated heterocycles. The van der Waals surface area contributed by atoms with Crippen LogP contribution < -0.4 is 10.2 Å². The van der Waals surface area contributed by atoms with Gasteiger partial charge in [-0.25, -0.2) is 17.6 Å². The number of halogens is 1. The monoisotopic (exact) mass is 818 g/mol. The van der Waals surface area contributed by atoms with Crippen LogP contribution in [0.15, 0.2) is 65.6 Å². The van der Waals surface area contributed by atoms with Gasteiger partial charge in [0.1, 0.15) is 11.1 Å². The standard InChI is InChI=1S/C45H63FN6O5S/c46-36-9-4-8-35(30-36)45(33-49-24-7-25-49,41-10-5-11-42(41)47-44(54)55)34-17-26-50(27-18-34)38-19-28-51(29-20-38)37-13-15-39(16-14-37)58(56,57)40-31-52(32-40)43(53)12-6-23-48-21-2-1-3-22-48/h4,6,8-9,12-16,30,34,38,40-42,47H,1-3,5,7,10-11,17-29,31-33H2,(H,54,55)/b12-6+/t41-,42-,45?/m0/s1. The first kappa shape index (κ1) is 41.2. The molecule has 2 aromatic rings. The van der Waals surface area contributed by atoms with Crippen LogP contribution >= 0.6 is 0 Å². The lowest BCUT2D eigenvalue weighted by Gasteiger charge is -2.54. The number of anilines is 1. The topological polar surface area (TPSA) is 117 Å². The second-order valence-electron chi connectivity index (χ2n) is 18.0. The highest BCUT2D eigenvalue weighted by Gasteiger charge is 2.53. The molecular weight excluding hydrogens is 756 g/mol. The quantitative estimate of drug-likeness (QED) is 0.249. The molecule has 0 aromatic heterocycles. The predicted molar refractivity (Wildman–Crippen MR) is 224 cm³/mol. The van der Waals surface area contributed by atoms with Crippen molar-refractivity contribution >= 4 is 27.5 Å². The molecule has 5 heterocycles. The van der Waals surface area contributed by atoms with Crippen molar-refractivity contribution in [3.05, 3.63) is 72.1 Å². The second kappa shape index (κ2) is 18.0. The van der Waals surface area contributed by atoms with Crippen molar-refractivity contribution < 1.29 is 27.5 Å². The van der Waals surface area contributed by atoms with Crippen molar-refractivity contribution in [2.24, 2.45) is 11.8 Å². The first-order chi connectivity index (χ1) is 28.1. The first-order valence-electron chi connectivity index (χ1n) is 22.1. The van der Waals surface area contributed by atoms with E-state index < -0.39 is 21.2 Å². The lowest BCUT2D eigenvalue weighted by atomic mass is 9.57. The minimum Gasteiger partial charge on any atom is -0.465 e. The Labute approximate surface area is 344 Å². The summed E-state index contributed by atoms with van der Waals surface area (Å²) >= 11 is 0. The van der Waals surface area contributed by atoms with Gasteiger partial charge in [0, 0.05) is 68.5 Å². The lowest BCUT2D eigenvalue weighted by molar-refractivity contribution is -0.129. The number of hydrogen-bond donors (Lipinski definition) is 2. The molecule has 11 nitrogen and oxygen atoms in total. The number of carbonyl (C=O) groups is 2. The van der Waals surface area contributed by atoms with Crippen LogP contribution in [-0.2, 0) is 20.0 Å². The molecule has 0 radical (unpaired) electrons. The molecule has 1 aliphatic carbocycles.